The van der Waals surface area contributed by atoms with Crippen LogP contribution in [0.25, 0.3) is 0 Å². The molecular formula is C18H24N2O2. The standard InChI is InChI=1S/C18H24N2O2/c1-2-17(21)19-8-10-20(11-9-19)18(22)13-14-6-7-15-4-3-5-16(15)12-14/h6-7,12H,2-5,8-11,13H2,1H3. The second-order valence-electron chi connectivity index (χ2n) is 6.25. The molecule has 0 atom stereocenters. The van der Waals surface area contributed by atoms with Crippen LogP contribution in [0.2, 0.25) is 0 Å². The van der Waals surface area contributed by atoms with Gasteiger partial charge in [0.25, 0.3) is 0 Å². The number of carbonyl (C=O) groups excluding carboxylic acids is 2. The third-order valence-electron chi connectivity index (χ3n) is 4.81. The number of rotatable bonds is 3. The first-order valence-electron chi connectivity index (χ1n) is 8.33. The summed E-state index contributed by atoms with van der Waals surface area (Å²) in [5.74, 6) is 0.368. The van der Waals surface area contributed by atoms with Gasteiger partial charge in [0.1, 0.15) is 0 Å². The summed E-state index contributed by atoms with van der Waals surface area (Å²) in [6.45, 7) is 4.55. The lowest BCUT2D eigenvalue weighted by Gasteiger charge is -2.34. The first-order valence-corrected chi connectivity index (χ1v) is 8.33. The van der Waals surface area contributed by atoms with Gasteiger partial charge >= 0.3 is 0 Å². The maximum atomic E-state index is 12.4. The maximum Gasteiger partial charge on any atom is 0.227 e. The van der Waals surface area contributed by atoms with Crippen LogP contribution in [0, 0.1) is 0 Å². The predicted molar refractivity (Wildman–Crippen MR) is 85.6 cm³/mol. The van der Waals surface area contributed by atoms with Gasteiger partial charge in [-0.1, -0.05) is 25.1 Å². The highest BCUT2D eigenvalue weighted by atomic mass is 16.2. The van der Waals surface area contributed by atoms with E-state index in [9.17, 15) is 9.59 Å². The molecule has 0 bridgehead atoms. The summed E-state index contributed by atoms with van der Waals surface area (Å²) in [7, 11) is 0. The van der Waals surface area contributed by atoms with E-state index < -0.39 is 0 Å². The zero-order valence-corrected chi connectivity index (χ0v) is 13.3. The van der Waals surface area contributed by atoms with Crippen LogP contribution < -0.4 is 0 Å². The number of nitrogens with zero attached hydrogens (tertiary/aromatic N) is 2. The van der Waals surface area contributed by atoms with Crippen molar-refractivity contribution in [3.05, 3.63) is 34.9 Å². The van der Waals surface area contributed by atoms with Crippen molar-refractivity contribution in [2.45, 2.75) is 39.0 Å². The molecule has 2 amide bonds. The van der Waals surface area contributed by atoms with E-state index in [4.69, 9.17) is 0 Å². The van der Waals surface area contributed by atoms with Gasteiger partial charge in [0.05, 0.1) is 6.42 Å². The highest BCUT2D eigenvalue weighted by Crippen LogP contribution is 2.23. The van der Waals surface area contributed by atoms with E-state index in [0.29, 0.717) is 39.0 Å². The van der Waals surface area contributed by atoms with Gasteiger partial charge in [-0.3, -0.25) is 9.59 Å². The van der Waals surface area contributed by atoms with Crippen molar-refractivity contribution in [1.82, 2.24) is 9.80 Å². The predicted octanol–water partition coefficient (Wildman–Crippen LogP) is 1.80. The first kappa shape index (κ1) is 15.1. The maximum absolute atomic E-state index is 12.4. The second kappa shape index (κ2) is 6.51. The van der Waals surface area contributed by atoms with Crippen molar-refractivity contribution in [3.8, 4) is 0 Å². The number of carbonyl (C=O) groups is 2. The van der Waals surface area contributed by atoms with E-state index in [1.54, 1.807) is 0 Å². The van der Waals surface area contributed by atoms with Gasteiger partial charge < -0.3 is 9.80 Å². The molecule has 22 heavy (non-hydrogen) atoms. The lowest BCUT2D eigenvalue weighted by atomic mass is 10.0. The van der Waals surface area contributed by atoms with E-state index in [1.165, 1.54) is 24.0 Å². The van der Waals surface area contributed by atoms with Crippen molar-refractivity contribution in [3.63, 3.8) is 0 Å². The van der Waals surface area contributed by atoms with Gasteiger partial charge in [-0.2, -0.15) is 0 Å². The number of benzene rings is 1. The molecule has 1 saturated heterocycles. The topological polar surface area (TPSA) is 40.6 Å². The molecule has 1 aliphatic carbocycles. The lowest BCUT2D eigenvalue weighted by Crippen LogP contribution is -2.50. The van der Waals surface area contributed by atoms with Crippen molar-refractivity contribution in [1.29, 1.82) is 0 Å². The van der Waals surface area contributed by atoms with Crippen LogP contribution in [-0.4, -0.2) is 47.8 Å². The van der Waals surface area contributed by atoms with Crippen molar-refractivity contribution in [2.75, 3.05) is 26.2 Å². The Hall–Kier alpha value is -1.84. The van der Waals surface area contributed by atoms with Crippen molar-refractivity contribution >= 4 is 11.8 Å². The minimum atomic E-state index is 0.182. The van der Waals surface area contributed by atoms with Crippen LogP contribution in [0.15, 0.2) is 18.2 Å². The normalized spacial score (nSPS) is 17.5. The molecule has 1 fully saturated rings. The molecular weight excluding hydrogens is 276 g/mol. The first-order chi connectivity index (χ1) is 10.7. The molecule has 0 saturated carbocycles. The molecule has 0 N–H and O–H groups in total. The fourth-order valence-corrected chi connectivity index (χ4v) is 3.45. The van der Waals surface area contributed by atoms with Crippen molar-refractivity contribution < 1.29 is 9.59 Å². The number of hydrogen-bond acceptors (Lipinski definition) is 2. The van der Waals surface area contributed by atoms with Gasteiger partial charge in [0.2, 0.25) is 11.8 Å². The van der Waals surface area contributed by atoms with E-state index in [2.05, 4.69) is 18.2 Å². The molecule has 2 aliphatic rings. The Labute approximate surface area is 132 Å². The molecule has 118 valence electrons. The fourth-order valence-electron chi connectivity index (χ4n) is 3.45. The average Bonchev–Trinajstić information content (AvgIpc) is 3.02. The zero-order chi connectivity index (χ0) is 15.5. The molecule has 1 aromatic carbocycles. The molecule has 1 aromatic rings. The Morgan fingerprint density at radius 2 is 1.59 bits per heavy atom. The summed E-state index contributed by atoms with van der Waals surface area (Å²) in [6.07, 6.45) is 4.59. The number of hydrogen-bond donors (Lipinski definition) is 0. The summed E-state index contributed by atoms with van der Waals surface area (Å²) < 4.78 is 0. The Bertz CT molecular complexity index is 574. The summed E-state index contributed by atoms with van der Waals surface area (Å²) >= 11 is 0. The highest BCUT2D eigenvalue weighted by Gasteiger charge is 2.23. The third kappa shape index (κ3) is 3.16. The van der Waals surface area contributed by atoms with E-state index in [0.717, 1.165) is 12.0 Å². The number of aryl methyl sites for hydroxylation is 2. The Kier molecular flexibility index (Phi) is 4.46. The molecule has 0 aromatic heterocycles. The van der Waals surface area contributed by atoms with Crippen LogP contribution in [-0.2, 0) is 28.9 Å². The SMILES string of the molecule is CCC(=O)N1CCN(C(=O)Cc2ccc3c(c2)CCC3)CC1. The number of fused-ring (bicyclic) bond motifs is 1. The van der Waals surface area contributed by atoms with E-state index >= 15 is 0 Å². The molecule has 3 rings (SSSR count). The van der Waals surface area contributed by atoms with Gasteiger partial charge in [-0.05, 0) is 36.0 Å². The fraction of sp³-hybridized carbons (Fsp3) is 0.556. The van der Waals surface area contributed by atoms with Crippen molar-refractivity contribution in [2.24, 2.45) is 0 Å². The molecule has 4 heteroatoms. The Balaban J connectivity index is 1.56. The van der Waals surface area contributed by atoms with Crippen LogP contribution in [0.3, 0.4) is 0 Å². The molecule has 1 aliphatic heterocycles. The van der Waals surface area contributed by atoms with E-state index in [1.807, 2.05) is 16.7 Å². The molecule has 4 nitrogen and oxygen atoms in total. The van der Waals surface area contributed by atoms with Gasteiger partial charge in [-0.25, -0.2) is 0 Å². The average molecular weight is 300 g/mol. The molecule has 0 unspecified atom stereocenters. The van der Waals surface area contributed by atoms with Gasteiger partial charge in [0.15, 0.2) is 0 Å². The van der Waals surface area contributed by atoms with E-state index in [-0.39, 0.29) is 11.8 Å². The zero-order valence-electron chi connectivity index (χ0n) is 13.3. The van der Waals surface area contributed by atoms with Gasteiger partial charge in [0, 0.05) is 32.6 Å². The molecule has 1 heterocycles. The number of piperazine rings is 1. The summed E-state index contributed by atoms with van der Waals surface area (Å²) in [5, 5.41) is 0. The minimum Gasteiger partial charge on any atom is -0.339 e. The third-order valence-corrected chi connectivity index (χ3v) is 4.81. The van der Waals surface area contributed by atoms with Gasteiger partial charge in [-0.15, -0.1) is 0 Å². The van der Waals surface area contributed by atoms with Crippen LogP contribution in [0.1, 0.15) is 36.5 Å². The molecule has 0 spiro atoms. The lowest BCUT2D eigenvalue weighted by molar-refractivity contribution is -0.139. The quantitative estimate of drug-likeness (QED) is 0.854. The van der Waals surface area contributed by atoms with Crippen LogP contribution in [0.4, 0.5) is 0 Å². The summed E-state index contributed by atoms with van der Waals surface area (Å²) in [5.41, 5.74) is 3.99. The largest absolute Gasteiger partial charge is 0.339 e. The van der Waals surface area contributed by atoms with Crippen LogP contribution >= 0.6 is 0 Å². The molecule has 0 radical (unpaired) electrons. The number of amides is 2. The minimum absolute atomic E-state index is 0.182. The highest BCUT2D eigenvalue weighted by molar-refractivity contribution is 5.80. The summed E-state index contributed by atoms with van der Waals surface area (Å²) in [6, 6.07) is 6.48. The second-order valence-corrected chi connectivity index (χ2v) is 6.25. The van der Waals surface area contributed by atoms with Crippen LogP contribution in [0.5, 0.6) is 0 Å². The monoisotopic (exact) mass is 300 g/mol. The smallest absolute Gasteiger partial charge is 0.227 e. The Morgan fingerprint density at radius 3 is 2.27 bits per heavy atom. The Morgan fingerprint density at radius 1 is 0.955 bits per heavy atom. The summed E-state index contributed by atoms with van der Waals surface area (Å²) in [4.78, 5) is 27.9.